The maximum absolute atomic E-state index is 12.4. The van der Waals surface area contributed by atoms with Gasteiger partial charge in [-0.3, -0.25) is 9.59 Å². The Labute approximate surface area is 192 Å². The lowest BCUT2D eigenvalue weighted by atomic mass is 10.1. The number of hydrogen-bond donors (Lipinski definition) is 1. The van der Waals surface area contributed by atoms with Gasteiger partial charge in [-0.1, -0.05) is 54.2 Å². The molecule has 3 aromatic rings. The van der Waals surface area contributed by atoms with E-state index in [0.29, 0.717) is 27.9 Å². The van der Waals surface area contributed by atoms with Crippen molar-refractivity contribution in [2.75, 3.05) is 18.5 Å². The number of para-hydroxylation sites is 1. The number of alkyl halides is 2. The molecule has 0 saturated carbocycles. The quantitative estimate of drug-likeness (QED) is 0.253. The number of halogens is 2. The van der Waals surface area contributed by atoms with Crippen LogP contribution in [0.5, 0.6) is 5.75 Å². The second-order valence-corrected chi connectivity index (χ2v) is 7.66. The van der Waals surface area contributed by atoms with Crippen molar-refractivity contribution in [2.45, 2.75) is 10.7 Å². The Morgan fingerprint density at radius 3 is 2.21 bits per heavy atom. The van der Waals surface area contributed by atoms with E-state index in [4.69, 9.17) is 9.47 Å². The second kappa shape index (κ2) is 11.8. The van der Waals surface area contributed by atoms with Crippen LogP contribution in [0.4, 0.5) is 14.5 Å². The van der Waals surface area contributed by atoms with Crippen LogP contribution in [0, 0.1) is 0 Å². The highest BCUT2D eigenvalue weighted by molar-refractivity contribution is 7.99. The van der Waals surface area contributed by atoms with Crippen LogP contribution in [0.1, 0.15) is 20.7 Å². The molecule has 0 bridgehead atoms. The fraction of sp³-hybridized carbons (Fsp3) is 0.125. The molecular formula is C24H19F2NO5S. The summed E-state index contributed by atoms with van der Waals surface area (Å²) in [6, 6.07) is 20.5. The van der Waals surface area contributed by atoms with Crippen molar-refractivity contribution in [1.29, 1.82) is 0 Å². The van der Waals surface area contributed by atoms with Gasteiger partial charge >= 0.3 is 5.97 Å². The van der Waals surface area contributed by atoms with Gasteiger partial charge in [0, 0.05) is 16.1 Å². The lowest BCUT2D eigenvalue weighted by molar-refractivity contribution is -0.118. The summed E-state index contributed by atoms with van der Waals surface area (Å²) in [5.41, 5.74) is 0.904. The van der Waals surface area contributed by atoms with Crippen LogP contribution < -0.4 is 10.1 Å². The number of nitrogens with one attached hydrogen (secondary N) is 1. The predicted octanol–water partition coefficient (Wildman–Crippen LogP) is 5.06. The van der Waals surface area contributed by atoms with Gasteiger partial charge in [0.25, 0.3) is 11.7 Å². The fourth-order valence-electron chi connectivity index (χ4n) is 2.74. The minimum absolute atomic E-state index is 0.0690. The minimum atomic E-state index is -2.53. The zero-order valence-electron chi connectivity index (χ0n) is 17.2. The number of carbonyl (C=O) groups is 3. The van der Waals surface area contributed by atoms with Gasteiger partial charge in [0.2, 0.25) is 0 Å². The van der Waals surface area contributed by atoms with Crippen LogP contribution in [0.2, 0.25) is 0 Å². The van der Waals surface area contributed by atoms with E-state index in [-0.39, 0.29) is 17.1 Å². The number of carbonyl (C=O) groups excluding carboxylic acids is 3. The molecule has 0 aromatic heterocycles. The molecule has 0 atom stereocenters. The third-order valence-corrected chi connectivity index (χ3v) is 4.98. The number of benzene rings is 3. The van der Waals surface area contributed by atoms with Gasteiger partial charge in [-0.05, 0) is 36.4 Å². The van der Waals surface area contributed by atoms with Crippen molar-refractivity contribution >= 4 is 35.1 Å². The highest BCUT2D eigenvalue weighted by atomic mass is 32.2. The van der Waals surface area contributed by atoms with Gasteiger partial charge in [-0.15, -0.1) is 0 Å². The SMILES string of the molecule is O=C(COc1ccccc1C(=O)OCC(=O)c1ccccc1)Nc1ccc(SC(F)F)cc1. The van der Waals surface area contributed by atoms with Crippen molar-refractivity contribution in [3.63, 3.8) is 0 Å². The molecule has 6 nitrogen and oxygen atoms in total. The van der Waals surface area contributed by atoms with E-state index in [1.807, 2.05) is 0 Å². The second-order valence-electron chi connectivity index (χ2n) is 6.60. The average Bonchev–Trinajstić information content (AvgIpc) is 2.82. The third kappa shape index (κ3) is 7.43. The molecule has 33 heavy (non-hydrogen) atoms. The molecule has 9 heteroatoms. The number of rotatable bonds is 10. The van der Waals surface area contributed by atoms with Crippen LogP contribution in [-0.4, -0.2) is 36.6 Å². The summed E-state index contributed by atoms with van der Waals surface area (Å²) in [6.45, 7) is -0.835. The molecule has 1 N–H and O–H groups in total. The molecule has 0 unspecified atom stereocenters. The molecule has 170 valence electrons. The molecule has 0 aliphatic heterocycles. The average molecular weight is 471 g/mol. The summed E-state index contributed by atoms with van der Waals surface area (Å²) in [4.78, 5) is 37.1. The summed E-state index contributed by atoms with van der Waals surface area (Å²) in [7, 11) is 0. The normalized spacial score (nSPS) is 10.5. The Kier molecular flexibility index (Phi) is 8.54. The first-order valence-electron chi connectivity index (χ1n) is 9.74. The first-order valence-corrected chi connectivity index (χ1v) is 10.6. The monoisotopic (exact) mass is 471 g/mol. The van der Waals surface area contributed by atoms with Gasteiger partial charge in [0.15, 0.2) is 19.0 Å². The Hall–Kier alpha value is -3.72. The van der Waals surface area contributed by atoms with E-state index < -0.39 is 30.8 Å². The van der Waals surface area contributed by atoms with Crippen LogP contribution in [0.15, 0.2) is 83.8 Å². The summed E-state index contributed by atoms with van der Waals surface area (Å²) >= 11 is 0.407. The lowest BCUT2D eigenvalue weighted by Gasteiger charge is -2.11. The van der Waals surface area contributed by atoms with Crippen molar-refractivity contribution in [3.05, 3.63) is 90.0 Å². The Morgan fingerprint density at radius 2 is 1.52 bits per heavy atom. The molecule has 0 aliphatic carbocycles. The largest absolute Gasteiger partial charge is 0.483 e. The first-order chi connectivity index (χ1) is 15.9. The molecule has 3 rings (SSSR count). The van der Waals surface area contributed by atoms with Gasteiger partial charge in [-0.2, -0.15) is 8.78 Å². The Morgan fingerprint density at radius 1 is 0.848 bits per heavy atom. The van der Waals surface area contributed by atoms with E-state index in [2.05, 4.69) is 5.32 Å². The number of thioether (sulfide) groups is 1. The van der Waals surface area contributed by atoms with E-state index in [1.54, 1.807) is 42.5 Å². The topological polar surface area (TPSA) is 81.7 Å². The number of amides is 1. The van der Waals surface area contributed by atoms with Crippen LogP contribution >= 0.6 is 11.8 Å². The molecule has 0 saturated heterocycles. The van der Waals surface area contributed by atoms with Crippen LogP contribution in [0.25, 0.3) is 0 Å². The van der Waals surface area contributed by atoms with Crippen LogP contribution in [-0.2, 0) is 9.53 Å². The molecule has 0 radical (unpaired) electrons. The maximum atomic E-state index is 12.4. The molecular weight excluding hydrogens is 452 g/mol. The van der Waals surface area contributed by atoms with E-state index in [0.717, 1.165) is 0 Å². The van der Waals surface area contributed by atoms with Gasteiger partial charge in [0.1, 0.15) is 11.3 Å². The third-order valence-electron chi connectivity index (χ3n) is 4.26. The number of hydrogen-bond acceptors (Lipinski definition) is 6. The number of ketones is 1. The molecule has 0 spiro atoms. The predicted molar refractivity (Wildman–Crippen MR) is 120 cm³/mol. The van der Waals surface area contributed by atoms with Crippen molar-refractivity contribution in [1.82, 2.24) is 0 Å². The molecule has 0 fully saturated rings. The smallest absolute Gasteiger partial charge is 0.342 e. The number of ether oxygens (including phenoxy) is 2. The fourth-order valence-corrected chi connectivity index (χ4v) is 3.24. The van der Waals surface area contributed by atoms with E-state index in [1.165, 1.54) is 36.4 Å². The van der Waals surface area contributed by atoms with E-state index in [9.17, 15) is 23.2 Å². The van der Waals surface area contributed by atoms with Gasteiger partial charge in [0.05, 0.1) is 0 Å². The van der Waals surface area contributed by atoms with Crippen molar-refractivity contribution in [3.8, 4) is 5.75 Å². The van der Waals surface area contributed by atoms with Gasteiger partial charge in [-0.25, -0.2) is 4.79 Å². The summed E-state index contributed by atoms with van der Waals surface area (Å²) < 4.78 is 35.3. The highest BCUT2D eigenvalue weighted by Gasteiger charge is 2.17. The molecule has 1 amide bonds. The molecule has 0 aliphatic rings. The summed E-state index contributed by atoms with van der Waals surface area (Å²) in [5.74, 6) is -4.02. The van der Waals surface area contributed by atoms with Crippen molar-refractivity contribution in [2.24, 2.45) is 0 Å². The maximum Gasteiger partial charge on any atom is 0.342 e. The Balaban J connectivity index is 1.53. The zero-order chi connectivity index (χ0) is 23.6. The van der Waals surface area contributed by atoms with Gasteiger partial charge < -0.3 is 14.8 Å². The lowest BCUT2D eigenvalue weighted by Crippen LogP contribution is -2.21. The first kappa shape index (κ1) is 23.9. The molecule has 3 aromatic carbocycles. The highest BCUT2D eigenvalue weighted by Crippen LogP contribution is 2.26. The Bertz CT molecular complexity index is 1110. The standard InChI is InChI=1S/C24H19F2NO5S/c25-24(26)33-18-12-10-17(11-13-18)27-22(29)15-31-21-9-5-4-8-19(21)23(30)32-14-20(28)16-6-2-1-3-7-16/h1-13,24H,14-15H2,(H,27,29). The minimum Gasteiger partial charge on any atom is -0.483 e. The van der Waals surface area contributed by atoms with Crippen molar-refractivity contribution < 1.29 is 32.6 Å². The zero-order valence-corrected chi connectivity index (χ0v) is 18.0. The number of esters is 1. The summed E-state index contributed by atoms with van der Waals surface area (Å²) in [5, 5.41) is 2.58. The van der Waals surface area contributed by atoms with Crippen LogP contribution in [0.3, 0.4) is 0 Å². The van der Waals surface area contributed by atoms with E-state index >= 15 is 0 Å². The number of anilines is 1. The number of Topliss-reactive ketones (excluding diaryl/α,β-unsaturated/α-hetero) is 1. The summed E-state index contributed by atoms with van der Waals surface area (Å²) in [6.07, 6.45) is 0. The molecule has 0 heterocycles.